The normalized spacial score (nSPS) is 18.4. The Labute approximate surface area is 135 Å². The molecule has 0 bridgehead atoms. The lowest BCUT2D eigenvalue weighted by molar-refractivity contribution is -0.187. The van der Waals surface area contributed by atoms with E-state index in [1.807, 2.05) is 0 Å². The van der Waals surface area contributed by atoms with Gasteiger partial charge >= 0.3 is 6.18 Å². The molecule has 0 aliphatic carbocycles. The number of halogens is 6. The summed E-state index contributed by atoms with van der Waals surface area (Å²) >= 11 is 9.15. The van der Waals surface area contributed by atoms with Gasteiger partial charge in [0.25, 0.3) is 0 Å². The smallest absolute Gasteiger partial charge is 0.314 e. The minimum atomic E-state index is -4.35. The van der Waals surface area contributed by atoms with E-state index in [9.17, 15) is 13.2 Å². The number of hydrogen-bond acceptors (Lipinski definition) is 2. The van der Waals surface area contributed by atoms with Crippen LogP contribution in [0.25, 0.3) is 0 Å². The fraction of sp³-hybridized carbons (Fsp3) is 0.500. The van der Waals surface area contributed by atoms with Crippen molar-refractivity contribution in [2.75, 3.05) is 26.2 Å². The Morgan fingerprint density at radius 3 is 2.40 bits per heavy atom. The molecular formula is C12H14BrCl2F3N2. The predicted molar refractivity (Wildman–Crippen MR) is 79.6 cm³/mol. The lowest BCUT2D eigenvalue weighted by Gasteiger charge is -2.36. The SMILES string of the molecule is Cl.FC(F)(F)[C@@H](c1cc(Br)ccc1Cl)N1CCNCC1. The molecule has 1 aromatic carbocycles. The molecule has 1 N–H and O–H groups in total. The largest absolute Gasteiger partial charge is 0.408 e. The van der Waals surface area contributed by atoms with Crippen LogP contribution in [0, 0.1) is 0 Å². The second-order valence-electron chi connectivity index (χ2n) is 4.40. The van der Waals surface area contributed by atoms with Crippen LogP contribution in [-0.4, -0.2) is 37.3 Å². The molecule has 114 valence electrons. The number of piperazine rings is 1. The number of hydrogen-bond donors (Lipinski definition) is 1. The van der Waals surface area contributed by atoms with Crippen molar-refractivity contribution in [3.05, 3.63) is 33.3 Å². The molecule has 1 saturated heterocycles. The van der Waals surface area contributed by atoms with Gasteiger partial charge in [-0.3, -0.25) is 4.90 Å². The van der Waals surface area contributed by atoms with Crippen LogP contribution in [0.15, 0.2) is 22.7 Å². The third-order valence-electron chi connectivity index (χ3n) is 3.08. The highest BCUT2D eigenvalue weighted by molar-refractivity contribution is 9.10. The van der Waals surface area contributed by atoms with Crippen molar-refractivity contribution in [2.24, 2.45) is 0 Å². The second kappa shape index (κ2) is 7.31. The summed E-state index contributed by atoms with van der Waals surface area (Å²) in [6.45, 7) is 1.82. The molecule has 1 heterocycles. The molecule has 1 aliphatic rings. The first kappa shape index (κ1) is 18.0. The molecule has 0 amide bonds. The van der Waals surface area contributed by atoms with E-state index >= 15 is 0 Å². The maximum absolute atomic E-state index is 13.4. The van der Waals surface area contributed by atoms with Gasteiger partial charge in [-0.15, -0.1) is 12.4 Å². The third kappa shape index (κ3) is 4.24. The summed E-state index contributed by atoms with van der Waals surface area (Å²) in [5.41, 5.74) is 0.102. The number of nitrogens with zero attached hydrogens (tertiary/aromatic N) is 1. The molecule has 0 aromatic heterocycles. The highest BCUT2D eigenvalue weighted by Crippen LogP contribution is 2.41. The summed E-state index contributed by atoms with van der Waals surface area (Å²) < 4.78 is 40.7. The Hall–Kier alpha value is -0.0100. The summed E-state index contributed by atoms with van der Waals surface area (Å²) in [6.07, 6.45) is -4.35. The van der Waals surface area contributed by atoms with E-state index in [0.717, 1.165) is 0 Å². The fourth-order valence-electron chi connectivity index (χ4n) is 2.24. The van der Waals surface area contributed by atoms with Crippen LogP contribution in [0.2, 0.25) is 5.02 Å². The number of nitrogens with one attached hydrogen (secondary N) is 1. The van der Waals surface area contributed by atoms with Crippen LogP contribution in [0.4, 0.5) is 13.2 Å². The lowest BCUT2D eigenvalue weighted by atomic mass is 10.0. The molecule has 1 fully saturated rings. The van der Waals surface area contributed by atoms with E-state index in [0.29, 0.717) is 30.7 Å². The van der Waals surface area contributed by atoms with Gasteiger partial charge in [-0.25, -0.2) is 0 Å². The van der Waals surface area contributed by atoms with Gasteiger partial charge in [-0.2, -0.15) is 13.2 Å². The van der Waals surface area contributed by atoms with Crippen LogP contribution in [0.3, 0.4) is 0 Å². The average Bonchev–Trinajstić information content (AvgIpc) is 2.33. The van der Waals surface area contributed by atoms with E-state index in [4.69, 9.17) is 11.6 Å². The molecule has 0 unspecified atom stereocenters. The maximum Gasteiger partial charge on any atom is 0.408 e. The first-order valence-electron chi connectivity index (χ1n) is 5.86. The molecule has 1 atom stereocenters. The number of rotatable bonds is 2. The van der Waals surface area contributed by atoms with Crippen molar-refractivity contribution in [1.82, 2.24) is 10.2 Å². The van der Waals surface area contributed by atoms with Crippen LogP contribution in [0.5, 0.6) is 0 Å². The van der Waals surface area contributed by atoms with Crippen LogP contribution in [-0.2, 0) is 0 Å². The third-order valence-corrected chi connectivity index (χ3v) is 3.92. The van der Waals surface area contributed by atoms with Crippen molar-refractivity contribution in [3.63, 3.8) is 0 Å². The molecule has 2 nitrogen and oxygen atoms in total. The van der Waals surface area contributed by atoms with Crippen LogP contribution < -0.4 is 5.32 Å². The molecule has 0 spiro atoms. The molecule has 0 saturated carbocycles. The molecule has 20 heavy (non-hydrogen) atoms. The standard InChI is InChI=1S/C12H13BrClF3N2.ClH/c13-8-1-2-10(14)9(7-8)11(12(15,16)17)19-5-3-18-4-6-19;/h1-2,7,11,18H,3-6H2;1H/t11-;/m1./s1. The van der Waals surface area contributed by atoms with Crippen molar-refractivity contribution in [1.29, 1.82) is 0 Å². The molecule has 2 rings (SSSR count). The van der Waals surface area contributed by atoms with Crippen molar-refractivity contribution < 1.29 is 13.2 Å². The maximum atomic E-state index is 13.4. The summed E-state index contributed by atoms with van der Waals surface area (Å²) in [7, 11) is 0. The van der Waals surface area contributed by atoms with Gasteiger partial charge in [0, 0.05) is 35.7 Å². The lowest BCUT2D eigenvalue weighted by Crippen LogP contribution is -2.49. The van der Waals surface area contributed by atoms with Gasteiger partial charge in [0.2, 0.25) is 0 Å². The number of benzene rings is 1. The summed E-state index contributed by atoms with van der Waals surface area (Å²) in [5.74, 6) is 0. The van der Waals surface area contributed by atoms with Gasteiger partial charge < -0.3 is 5.32 Å². The summed E-state index contributed by atoms with van der Waals surface area (Å²) in [5, 5.41) is 3.19. The van der Waals surface area contributed by atoms with Gasteiger partial charge in [-0.1, -0.05) is 27.5 Å². The quantitative estimate of drug-likeness (QED) is 0.815. The van der Waals surface area contributed by atoms with Gasteiger partial charge in [-0.05, 0) is 23.8 Å². The first-order valence-corrected chi connectivity index (χ1v) is 7.03. The van der Waals surface area contributed by atoms with Crippen molar-refractivity contribution in [3.8, 4) is 0 Å². The van der Waals surface area contributed by atoms with E-state index < -0.39 is 12.2 Å². The van der Waals surface area contributed by atoms with E-state index in [-0.39, 0.29) is 23.0 Å². The molecule has 1 aliphatic heterocycles. The highest BCUT2D eigenvalue weighted by Gasteiger charge is 2.45. The summed E-state index contributed by atoms with van der Waals surface area (Å²) in [6, 6.07) is 2.92. The molecule has 8 heteroatoms. The second-order valence-corrected chi connectivity index (χ2v) is 5.72. The highest BCUT2D eigenvalue weighted by atomic mass is 79.9. The first-order chi connectivity index (χ1) is 8.89. The molecule has 1 aromatic rings. The Kier molecular flexibility index (Phi) is 6.60. The van der Waals surface area contributed by atoms with Gasteiger partial charge in [0.1, 0.15) is 6.04 Å². The van der Waals surface area contributed by atoms with Crippen molar-refractivity contribution >= 4 is 39.9 Å². The Morgan fingerprint density at radius 2 is 1.85 bits per heavy atom. The Balaban J connectivity index is 0.00000200. The fourth-order valence-corrected chi connectivity index (χ4v) is 2.84. The zero-order valence-electron chi connectivity index (χ0n) is 10.4. The van der Waals surface area contributed by atoms with E-state index in [1.54, 1.807) is 6.07 Å². The Bertz CT molecular complexity index is 451. The van der Waals surface area contributed by atoms with Crippen LogP contribution >= 0.6 is 39.9 Å². The molecule has 0 radical (unpaired) electrons. The Morgan fingerprint density at radius 1 is 1.25 bits per heavy atom. The number of alkyl halides is 3. The monoisotopic (exact) mass is 392 g/mol. The minimum absolute atomic E-state index is 0. The predicted octanol–water partition coefficient (Wildman–Crippen LogP) is 4.03. The minimum Gasteiger partial charge on any atom is -0.314 e. The van der Waals surface area contributed by atoms with E-state index in [1.165, 1.54) is 17.0 Å². The van der Waals surface area contributed by atoms with Gasteiger partial charge in [0.05, 0.1) is 0 Å². The molecular weight excluding hydrogens is 380 g/mol. The van der Waals surface area contributed by atoms with Crippen LogP contribution in [0.1, 0.15) is 11.6 Å². The van der Waals surface area contributed by atoms with Crippen molar-refractivity contribution in [2.45, 2.75) is 12.2 Å². The van der Waals surface area contributed by atoms with E-state index in [2.05, 4.69) is 21.2 Å². The zero-order chi connectivity index (χ0) is 14.0. The zero-order valence-corrected chi connectivity index (χ0v) is 13.5. The average molecular weight is 394 g/mol. The topological polar surface area (TPSA) is 15.3 Å². The van der Waals surface area contributed by atoms with Gasteiger partial charge in [0.15, 0.2) is 0 Å². The summed E-state index contributed by atoms with van der Waals surface area (Å²) in [4.78, 5) is 1.42.